The van der Waals surface area contributed by atoms with Crippen LogP contribution in [-0.4, -0.2) is 24.0 Å². The zero-order valence-corrected chi connectivity index (χ0v) is 13.3. The standard InChI is InChI=1S/C18H24N2O3/c1-2-9-16(18(22)23-15-12-7-4-8-13-15)19-20-17(21)14-10-5-3-6-11-14/h2-3,5-6,10-11,15-16,19H,1,4,7-9,12-13H2,(H,20,21)/t16-/m1/s1. The minimum absolute atomic E-state index is 0.00445. The Balaban J connectivity index is 1.86. The van der Waals surface area contributed by atoms with Gasteiger partial charge >= 0.3 is 5.97 Å². The van der Waals surface area contributed by atoms with E-state index in [0.717, 1.165) is 25.7 Å². The molecule has 0 saturated heterocycles. The second-order valence-electron chi connectivity index (χ2n) is 5.74. The fraction of sp³-hybridized carbons (Fsp3) is 0.444. The van der Waals surface area contributed by atoms with Crippen LogP contribution in [0.5, 0.6) is 0 Å². The van der Waals surface area contributed by atoms with Crippen LogP contribution in [0.15, 0.2) is 43.0 Å². The third kappa shape index (κ3) is 5.53. The maximum absolute atomic E-state index is 12.3. The Morgan fingerprint density at radius 1 is 1.22 bits per heavy atom. The van der Waals surface area contributed by atoms with Crippen LogP contribution >= 0.6 is 0 Å². The second-order valence-corrected chi connectivity index (χ2v) is 5.74. The van der Waals surface area contributed by atoms with E-state index < -0.39 is 6.04 Å². The molecular weight excluding hydrogens is 292 g/mol. The molecule has 1 aromatic carbocycles. The van der Waals surface area contributed by atoms with Crippen molar-refractivity contribution < 1.29 is 14.3 Å². The number of rotatable bonds is 7. The Morgan fingerprint density at radius 2 is 1.91 bits per heavy atom. The molecule has 1 fully saturated rings. The molecule has 2 N–H and O–H groups in total. The van der Waals surface area contributed by atoms with Crippen molar-refractivity contribution in [2.24, 2.45) is 0 Å². The molecular formula is C18H24N2O3. The molecule has 0 aliphatic heterocycles. The Morgan fingerprint density at radius 3 is 2.57 bits per heavy atom. The van der Waals surface area contributed by atoms with Gasteiger partial charge in [0.2, 0.25) is 0 Å². The van der Waals surface area contributed by atoms with Gasteiger partial charge < -0.3 is 4.74 Å². The van der Waals surface area contributed by atoms with E-state index in [9.17, 15) is 9.59 Å². The summed E-state index contributed by atoms with van der Waals surface area (Å²) in [5.74, 6) is -0.629. The lowest BCUT2D eigenvalue weighted by molar-refractivity contribution is -0.153. The van der Waals surface area contributed by atoms with Crippen molar-refractivity contribution in [2.45, 2.75) is 50.7 Å². The van der Waals surface area contributed by atoms with Crippen LogP contribution in [0.2, 0.25) is 0 Å². The number of carbonyl (C=O) groups excluding carboxylic acids is 2. The predicted octanol–water partition coefficient (Wildman–Crippen LogP) is 2.74. The van der Waals surface area contributed by atoms with E-state index in [0.29, 0.717) is 12.0 Å². The van der Waals surface area contributed by atoms with Gasteiger partial charge in [0.15, 0.2) is 0 Å². The van der Waals surface area contributed by atoms with Gasteiger partial charge in [0.05, 0.1) is 0 Å². The Kier molecular flexibility index (Phi) is 6.81. The summed E-state index contributed by atoms with van der Waals surface area (Å²) in [4.78, 5) is 24.3. The van der Waals surface area contributed by atoms with E-state index in [2.05, 4.69) is 17.4 Å². The van der Waals surface area contributed by atoms with Crippen molar-refractivity contribution in [3.8, 4) is 0 Å². The fourth-order valence-corrected chi connectivity index (χ4v) is 2.62. The first kappa shape index (κ1) is 17.2. The number of hydrazine groups is 1. The first-order valence-corrected chi connectivity index (χ1v) is 8.13. The molecule has 1 atom stereocenters. The van der Waals surface area contributed by atoms with Gasteiger partial charge in [-0.25, -0.2) is 5.43 Å². The van der Waals surface area contributed by atoms with Crippen LogP contribution in [0, 0.1) is 0 Å². The predicted molar refractivity (Wildman–Crippen MR) is 88.6 cm³/mol. The summed E-state index contributed by atoms with van der Waals surface area (Å²) >= 11 is 0. The number of amides is 1. The van der Waals surface area contributed by atoms with E-state index in [1.807, 2.05) is 6.07 Å². The molecule has 23 heavy (non-hydrogen) atoms. The molecule has 1 amide bonds. The lowest BCUT2D eigenvalue weighted by Gasteiger charge is -2.24. The summed E-state index contributed by atoms with van der Waals surface area (Å²) in [6, 6.07) is 8.20. The third-order valence-electron chi connectivity index (χ3n) is 3.92. The molecule has 0 spiro atoms. The maximum atomic E-state index is 12.3. The molecule has 0 unspecified atom stereocenters. The van der Waals surface area contributed by atoms with E-state index in [1.54, 1.807) is 30.3 Å². The molecule has 2 rings (SSSR count). The smallest absolute Gasteiger partial charge is 0.325 e. The van der Waals surface area contributed by atoms with Gasteiger partial charge in [-0.15, -0.1) is 6.58 Å². The van der Waals surface area contributed by atoms with Gasteiger partial charge in [0.25, 0.3) is 5.91 Å². The molecule has 1 saturated carbocycles. The summed E-state index contributed by atoms with van der Waals surface area (Å²) in [7, 11) is 0. The molecule has 1 aliphatic carbocycles. The molecule has 124 valence electrons. The van der Waals surface area contributed by atoms with Gasteiger partial charge in [-0.3, -0.25) is 15.0 Å². The highest BCUT2D eigenvalue weighted by molar-refractivity contribution is 5.94. The first-order chi connectivity index (χ1) is 11.2. The third-order valence-corrected chi connectivity index (χ3v) is 3.92. The molecule has 0 aromatic heterocycles. The Bertz CT molecular complexity index is 524. The zero-order valence-electron chi connectivity index (χ0n) is 13.3. The van der Waals surface area contributed by atoms with Gasteiger partial charge in [-0.05, 0) is 44.2 Å². The van der Waals surface area contributed by atoms with Crippen molar-refractivity contribution in [3.63, 3.8) is 0 Å². The van der Waals surface area contributed by atoms with E-state index in [4.69, 9.17) is 4.74 Å². The monoisotopic (exact) mass is 316 g/mol. The van der Waals surface area contributed by atoms with Crippen molar-refractivity contribution >= 4 is 11.9 Å². The highest BCUT2D eigenvalue weighted by Gasteiger charge is 2.24. The van der Waals surface area contributed by atoms with Gasteiger partial charge in [-0.1, -0.05) is 30.7 Å². The molecule has 5 heteroatoms. The zero-order chi connectivity index (χ0) is 16.5. The summed E-state index contributed by atoms with van der Waals surface area (Å²) in [6.45, 7) is 3.65. The fourth-order valence-electron chi connectivity index (χ4n) is 2.62. The van der Waals surface area contributed by atoms with Gasteiger partial charge in [0.1, 0.15) is 12.1 Å². The maximum Gasteiger partial charge on any atom is 0.325 e. The molecule has 0 radical (unpaired) electrons. The minimum Gasteiger partial charge on any atom is -0.461 e. The second kappa shape index (κ2) is 9.10. The number of carbonyl (C=O) groups is 2. The molecule has 5 nitrogen and oxygen atoms in total. The van der Waals surface area contributed by atoms with Crippen LogP contribution < -0.4 is 10.9 Å². The van der Waals surface area contributed by atoms with E-state index in [1.165, 1.54) is 6.42 Å². The number of benzene rings is 1. The van der Waals surface area contributed by atoms with Crippen molar-refractivity contribution in [1.82, 2.24) is 10.9 Å². The molecule has 1 aromatic rings. The molecule has 0 bridgehead atoms. The van der Waals surface area contributed by atoms with Crippen LogP contribution in [0.3, 0.4) is 0 Å². The summed E-state index contributed by atoms with van der Waals surface area (Å²) in [5.41, 5.74) is 5.85. The van der Waals surface area contributed by atoms with E-state index >= 15 is 0 Å². The minimum atomic E-state index is -0.623. The van der Waals surface area contributed by atoms with Crippen molar-refractivity contribution in [2.75, 3.05) is 0 Å². The van der Waals surface area contributed by atoms with Crippen LogP contribution in [0.4, 0.5) is 0 Å². The quantitative estimate of drug-likeness (QED) is 0.461. The SMILES string of the molecule is C=CC[C@@H](NNC(=O)c1ccccc1)C(=O)OC1CCCCC1. The number of hydrogen-bond acceptors (Lipinski definition) is 4. The largest absolute Gasteiger partial charge is 0.461 e. The van der Waals surface area contributed by atoms with Crippen LogP contribution in [0.25, 0.3) is 0 Å². The normalized spacial score (nSPS) is 16.3. The summed E-state index contributed by atoms with van der Waals surface area (Å²) in [5, 5.41) is 0. The lowest BCUT2D eigenvalue weighted by atomic mass is 9.98. The number of ether oxygens (including phenoxy) is 1. The van der Waals surface area contributed by atoms with Crippen LogP contribution in [-0.2, 0) is 9.53 Å². The topological polar surface area (TPSA) is 67.4 Å². The Labute approximate surface area is 137 Å². The van der Waals surface area contributed by atoms with Crippen molar-refractivity contribution in [1.29, 1.82) is 0 Å². The van der Waals surface area contributed by atoms with Gasteiger partial charge in [0, 0.05) is 5.56 Å². The van der Waals surface area contributed by atoms with E-state index in [-0.39, 0.29) is 18.0 Å². The number of esters is 1. The highest BCUT2D eigenvalue weighted by Crippen LogP contribution is 2.20. The number of nitrogens with one attached hydrogen (secondary N) is 2. The average Bonchev–Trinajstić information content (AvgIpc) is 2.60. The van der Waals surface area contributed by atoms with Gasteiger partial charge in [-0.2, -0.15) is 0 Å². The summed E-state index contributed by atoms with van der Waals surface area (Å²) in [6.07, 6.45) is 7.26. The Hall–Kier alpha value is -2.14. The van der Waals surface area contributed by atoms with Crippen molar-refractivity contribution in [3.05, 3.63) is 48.6 Å². The molecule has 0 heterocycles. The average molecular weight is 316 g/mol. The number of hydrogen-bond donors (Lipinski definition) is 2. The highest BCUT2D eigenvalue weighted by atomic mass is 16.5. The lowest BCUT2D eigenvalue weighted by Crippen LogP contribution is -2.49. The van der Waals surface area contributed by atoms with Crippen LogP contribution in [0.1, 0.15) is 48.9 Å². The molecule has 1 aliphatic rings. The summed E-state index contributed by atoms with van der Waals surface area (Å²) < 4.78 is 5.54. The first-order valence-electron chi connectivity index (χ1n) is 8.13.